The summed E-state index contributed by atoms with van der Waals surface area (Å²) < 4.78 is 0. The Morgan fingerprint density at radius 2 is 1.23 bits per heavy atom. The van der Waals surface area contributed by atoms with Crippen LogP contribution in [0.3, 0.4) is 0 Å². The summed E-state index contributed by atoms with van der Waals surface area (Å²) in [4.78, 5) is 12.5. The highest BCUT2D eigenvalue weighted by molar-refractivity contribution is 5.77. The number of nitrogens with two attached hydrogens (primary N) is 1. The molecule has 2 heteroatoms. The van der Waals surface area contributed by atoms with Gasteiger partial charge < -0.3 is 5.73 Å². The number of amides is 1. The number of rotatable bonds is 11. The summed E-state index contributed by atoms with van der Waals surface area (Å²) in [5.74, 6) is -0.123. The van der Waals surface area contributed by atoms with Crippen LogP contribution in [-0.2, 0) is 4.79 Å². The first-order valence-electron chi connectivity index (χ1n) is 9.45. The van der Waals surface area contributed by atoms with Crippen molar-refractivity contribution < 1.29 is 4.79 Å². The van der Waals surface area contributed by atoms with Crippen LogP contribution in [0.25, 0.3) is 0 Å². The van der Waals surface area contributed by atoms with Gasteiger partial charge in [-0.2, -0.15) is 0 Å². The topological polar surface area (TPSA) is 43.1 Å². The van der Waals surface area contributed by atoms with Gasteiger partial charge in [0, 0.05) is 5.92 Å². The lowest BCUT2D eigenvalue weighted by atomic mass is 9.51. The third kappa shape index (κ3) is 3.86. The van der Waals surface area contributed by atoms with Gasteiger partial charge in [0.15, 0.2) is 0 Å². The summed E-state index contributed by atoms with van der Waals surface area (Å²) >= 11 is 0. The SMILES string of the molecule is CCC(C)(CC)CC(C(N)=O)C(CC)(CC)C(C)(CC)CC. The molecule has 0 radical (unpaired) electrons. The van der Waals surface area contributed by atoms with E-state index in [9.17, 15) is 4.79 Å². The molecule has 0 aromatic heterocycles. The van der Waals surface area contributed by atoms with Crippen LogP contribution < -0.4 is 5.73 Å². The second-order valence-electron chi connectivity index (χ2n) is 7.81. The molecule has 0 aromatic rings. The highest BCUT2D eigenvalue weighted by Gasteiger charge is 2.51. The number of carbonyl (C=O) groups excluding carboxylic acids is 1. The Balaban J connectivity index is 5.98. The Morgan fingerprint density at radius 3 is 1.45 bits per heavy atom. The largest absolute Gasteiger partial charge is 0.369 e. The quantitative estimate of drug-likeness (QED) is 0.504. The minimum absolute atomic E-state index is 0.00787. The van der Waals surface area contributed by atoms with Gasteiger partial charge in [-0.1, -0.05) is 81.1 Å². The number of primary amides is 1. The molecule has 0 aliphatic carbocycles. The molecule has 0 bridgehead atoms. The van der Waals surface area contributed by atoms with Crippen molar-refractivity contribution in [2.45, 2.75) is 100 Å². The monoisotopic (exact) mass is 311 g/mol. The van der Waals surface area contributed by atoms with Crippen molar-refractivity contribution in [1.29, 1.82) is 0 Å². The first-order chi connectivity index (χ1) is 10.2. The summed E-state index contributed by atoms with van der Waals surface area (Å²) in [6.07, 6.45) is 7.38. The summed E-state index contributed by atoms with van der Waals surface area (Å²) in [6, 6.07) is 0. The Labute approximate surface area is 139 Å². The lowest BCUT2D eigenvalue weighted by molar-refractivity contribution is -0.136. The van der Waals surface area contributed by atoms with Crippen molar-refractivity contribution in [2.24, 2.45) is 27.9 Å². The van der Waals surface area contributed by atoms with E-state index in [2.05, 4.69) is 55.4 Å². The molecule has 1 amide bonds. The molecule has 2 N–H and O–H groups in total. The van der Waals surface area contributed by atoms with Crippen molar-refractivity contribution in [3.63, 3.8) is 0 Å². The lowest BCUT2D eigenvalue weighted by Gasteiger charge is -2.53. The lowest BCUT2D eigenvalue weighted by Crippen LogP contribution is -2.50. The van der Waals surface area contributed by atoms with Crippen molar-refractivity contribution in [2.75, 3.05) is 0 Å². The van der Waals surface area contributed by atoms with Crippen LogP contribution in [0.1, 0.15) is 100 Å². The van der Waals surface area contributed by atoms with E-state index in [1.807, 2.05) is 0 Å². The molecule has 0 saturated heterocycles. The van der Waals surface area contributed by atoms with Crippen LogP contribution in [0.4, 0.5) is 0 Å². The third-order valence-corrected chi connectivity index (χ3v) is 7.44. The summed E-state index contributed by atoms with van der Waals surface area (Å²) in [6.45, 7) is 18.2. The molecule has 2 nitrogen and oxygen atoms in total. The smallest absolute Gasteiger partial charge is 0.221 e. The van der Waals surface area contributed by atoms with Crippen molar-refractivity contribution in [3.05, 3.63) is 0 Å². The standard InChI is InChI=1S/C20H41NO/c1-9-18(7,10-2)15-16(17(21)22)20(13-5,14-6)19(8,11-3)12-4/h16H,9-15H2,1-8H3,(H2,21,22). The van der Waals surface area contributed by atoms with Gasteiger partial charge in [-0.3, -0.25) is 4.79 Å². The molecule has 0 aromatic carbocycles. The Morgan fingerprint density at radius 1 is 0.818 bits per heavy atom. The van der Waals surface area contributed by atoms with Crippen LogP contribution in [-0.4, -0.2) is 5.91 Å². The average molecular weight is 312 g/mol. The van der Waals surface area contributed by atoms with E-state index in [-0.39, 0.29) is 28.1 Å². The first-order valence-corrected chi connectivity index (χ1v) is 9.45. The molecule has 0 rings (SSSR count). The molecule has 0 saturated carbocycles. The van der Waals surface area contributed by atoms with Crippen LogP contribution in [0.15, 0.2) is 0 Å². The van der Waals surface area contributed by atoms with Crippen LogP contribution in [0.5, 0.6) is 0 Å². The van der Waals surface area contributed by atoms with E-state index in [4.69, 9.17) is 5.73 Å². The van der Waals surface area contributed by atoms with E-state index in [1.165, 1.54) is 0 Å². The number of carbonyl (C=O) groups is 1. The molecular formula is C20H41NO. The van der Waals surface area contributed by atoms with Crippen LogP contribution in [0, 0.1) is 22.2 Å². The van der Waals surface area contributed by atoms with E-state index < -0.39 is 0 Å². The first kappa shape index (κ1) is 21.5. The second-order valence-corrected chi connectivity index (χ2v) is 7.81. The van der Waals surface area contributed by atoms with Gasteiger partial charge in [0.1, 0.15) is 0 Å². The molecule has 1 unspecified atom stereocenters. The van der Waals surface area contributed by atoms with E-state index >= 15 is 0 Å². The maximum Gasteiger partial charge on any atom is 0.221 e. The van der Waals surface area contributed by atoms with Gasteiger partial charge in [-0.05, 0) is 35.5 Å². The van der Waals surface area contributed by atoms with Gasteiger partial charge in [-0.25, -0.2) is 0 Å². The normalized spacial score (nSPS) is 14.9. The molecule has 1 atom stereocenters. The predicted molar refractivity (Wildman–Crippen MR) is 97.7 cm³/mol. The maximum absolute atomic E-state index is 12.5. The Bertz CT molecular complexity index is 336. The van der Waals surface area contributed by atoms with E-state index in [0.717, 1.165) is 44.9 Å². The summed E-state index contributed by atoms with van der Waals surface area (Å²) in [5, 5.41) is 0. The zero-order valence-electron chi connectivity index (χ0n) is 16.5. The van der Waals surface area contributed by atoms with Gasteiger partial charge >= 0.3 is 0 Å². The highest BCUT2D eigenvalue weighted by atomic mass is 16.1. The fourth-order valence-corrected chi connectivity index (χ4v) is 4.57. The summed E-state index contributed by atoms with van der Waals surface area (Å²) in [5.41, 5.74) is 6.34. The van der Waals surface area contributed by atoms with Gasteiger partial charge in [0.05, 0.1) is 0 Å². The van der Waals surface area contributed by atoms with Gasteiger partial charge in [-0.15, -0.1) is 0 Å². The molecular weight excluding hydrogens is 270 g/mol. The highest BCUT2D eigenvalue weighted by Crippen LogP contribution is 2.57. The molecule has 132 valence electrons. The zero-order chi connectivity index (χ0) is 17.6. The molecule has 0 fully saturated rings. The molecule has 0 spiro atoms. The van der Waals surface area contributed by atoms with Gasteiger partial charge in [0.2, 0.25) is 5.91 Å². The Kier molecular flexibility index (Phi) is 8.16. The van der Waals surface area contributed by atoms with Crippen molar-refractivity contribution in [3.8, 4) is 0 Å². The van der Waals surface area contributed by atoms with E-state index in [0.29, 0.717) is 0 Å². The molecule has 0 heterocycles. The third-order valence-electron chi connectivity index (χ3n) is 7.44. The van der Waals surface area contributed by atoms with Crippen molar-refractivity contribution in [1.82, 2.24) is 0 Å². The van der Waals surface area contributed by atoms with Crippen LogP contribution >= 0.6 is 0 Å². The summed E-state index contributed by atoms with van der Waals surface area (Å²) in [7, 11) is 0. The minimum Gasteiger partial charge on any atom is -0.369 e. The van der Waals surface area contributed by atoms with Crippen LogP contribution in [0.2, 0.25) is 0 Å². The fraction of sp³-hybridized carbons (Fsp3) is 0.950. The van der Waals surface area contributed by atoms with Crippen molar-refractivity contribution >= 4 is 5.91 Å². The predicted octanol–water partition coefficient (Wildman–Crippen LogP) is 5.94. The number of hydrogen-bond donors (Lipinski definition) is 1. The Hall–Kier alpha value is -0.530. The van der Waals surface area contributed by atoms with E-state index in [1.54, 1.807) is 0 Å². The fourth-order valence-electron chi connectivity index (χ4n) is 4.57. The second kappa shape index (κ2) is 8.36. The molecule has 0 aliphatic rings. The average Bonchev–Trinajstić information content (AvgIpc) is 2.54. The zero-order valence-corrected chi connectivity index (χ0v) is 16.5. The molecule has 22 heavy (non-hydrogen) atoms. The maximum atomic E-state index is 12.5. The molecule has 0 aliphatic heterocycles. The minimum atomic E-state index is -0.0926. The van der Waals surface area contributed by atoms with Gasteiger partial charge in [0.25, 0.3) is 0 Å². The number of hydrogen-bond acceptors (Lipinski definition) is 1.